The predicted molar refractivity (Wildman–Crippen MR) is 72.5 cm³/mol. The Labute approximate surface area is 108 Å². The molecule has 0 fully saturated rings. The van der Waals surface area contributed by atoms with E-state index in [0.717, 1.165) is 30.2 Å². The molecule has 1 aliphatic heterocycles. The molecule has 17 heavy (non-hydrogen) atoms. The van der Waals surface area contributed by atoms with Crippen LogP contribution in [0.4, 0.5) is 0 Å². The first-order valence-electron chi connectivity index (χ1n) is 5.77. The number of benzene rings is 1. The van der Waals surface area contributed by atoms with Gasteiger partial charge < -0.3 is 9.47 Å². The second kappa shape index (κ2) is 5.19. The first-order valence-corrected chi connectivity index (χ1v) is 6.40. The minimum atomic E-state index is 0.363. The van der Waals surface area contributed by atoms with E-state index in [2.05, 4.69) is 36.7 Å². The van der Waals surface area contributed by atoms with Gasteiger partial charge in [-0.25, -0.2) is 0 Å². The molecule has 1 aromatic carbocycles. The molecule has 2 rings (SSSR count). The van der Waals surface area contributed by atoms with E-state index in [0.29, 0.717) is 6.04 Å². The first kappa shape index (κ1) is 12.6. The summed E-state index contributed by atoms with van der Waals surface area (Å²) in [5.41, 5.74) is 2.66. The van der Waals surface area contributed by atoms with Crippen LogP contribution >= 0.6 is 12.6 Å². The van der Waals surface area contributed by atoms with Crippen molar-refractivity contribution in [3.05, 3.63) is 23.3 Å². The van der Waals surface area contributed by atoms with Crippen LogP contribution in [0.1, 0.15) is 17.2 Å². The molecule has 0 saturated carbocycles. The van der Waals surface area contributed by atoms with Gasteiger partial charge in [0.25, 0.3) is 0 Å². The molecule has 4 heteroatoms. The summed E-state index contributed by atoms with van der Waals surface area (Å²) in [6, 6.07) is 4.55. The zero-order valence-corrected chi connectivity index (χ0v) is 11.5. The molecule has 0 saturated heterocycles. The van der Waals surface area contributed by atoms with E-state index in [4.69, 9.17) is 9.47 Å². The number of ether oxygens (including phenoxy) is 2. The van der Waals surface area contributed by atoms with E-state index in [1.165, 1.54) is 11.1 Å². The van der Waals surface area contributed by atoms with E-state index < -0.39 is 0 Å². The summed E-state index contributed by atoms with van der Waals surface area (Å²) >= 11 is 4.45. The topological polar surface area (TPSA) is 21.7 Å². The fraction of sp³-hybridized carbons (Fsp3) is 0.538. The van der Waals surface area contributed by atoms with Gasteiger partial charge in [0, 0.05) is 18.3 Å². The van der Waals surface area contributed by atoms with Crippen molar-refractivity contribution in [3.8, 4) is 11.5 Å². The number of methoxy groups -OCH3 is 2. The monoisotopic (exact) mass is 253 g/mol. The Balaban J connectivity index is 2.48. The maximum atomic E-state index is 5.36. The maximum absolute atomic E-state index is 5.36. The van der Waals surface area contributed by atoms with Crippen LogP contribution in [0.5, 0.6) is 11.5 Å². The van der Waals surface area contributed by atoms with Gasteiger partial charge in [-0.2, -0.15) is 12.6 Å². The molecule has 1 heterocycles. The van der Waals surface area contributed by atoms with Crippen LogP contribution in [0.2, 0.25) is 0 Å². The van der Waals surface area contributed by atoms with Gasteiger partial charge in [0.05, 0.1) is 14.2 Å². The van der Waals surface area contributed by atoms with E-state index in [-0.39, 0.29) is 0 Å². The van der Waals surface area contributed by atoms with Crippen LogP contribution in [-0.4, -0.2) is 38.5 Å². The number of nitrogens with zero attached hydrogens (tertiary/aromatic N) is 1. The van der Waals surface area contributed by atoms with Crippen LogP contribution < -0.4 is 9.47 Å². The normalized spacial score (nSPS) is 19.9. The lowest BCUT2D eigenvalue weighted by Crippen LogP contribution is -2.33. The zero-order valence-electron chi connectivity index (χ0n) is 10.6. The summed E-state index contributed by atoms with van der Waals surface area (Å²) < 4.78 is 10.7. The van der Waals surface area contributed by atoms with Gasteiger partial charge in [-0.3, -0.25) is 4.90 Å². The van der Waals surface area contributed by atoms with E-state index in [9.17, 15) is 0 Å². The SMILES string of the molecule is COc1cc2c(cc1OC)C(CS)N(C)CC2. The summed E-state index contributed by atoms with van der Waals surface area (Å²) in [5, 5.41) is 0. The molecule has 1 aromatic rings. The fourth-order valence-electron chi connectivity index (χ4n) is 2.39. The summed E-state index contributed by atoms with van der Waals surface area (Å²) in [6.07, 6.45) is 1.05. The van der Waals surface area contributed by atoms with Gasteiger partial charge in [-0.15, -0.1) is 0 Å². The summed E-state index contributed by atoms with van der Waals surface area (Å²) in [6.45, 7) is 1.06. The van der Waals surface area contributed by atoms with Crippen LogP contribution in [0.25, 0.3) is 0 Å². The van der Waals surface area contributed by atoms with Gasteiger partial charge in [0.2, 0.25) is 0 Å². The van der Waals surface area contributed by atoms with Gasteiger partial charge in [0.15, 0.2) is 11.5 Å². The molecule has 1 unspecified atom stereocenters. The Hall–Kier alpha value is -0.870. The van der Waals surface area contributed by atoms with E-state index in [1.54, 1.807) is 14.2 Å². The molecule has 0 aliphatic carbocycles. The molecule has 0 N–H and O–H groups in total. The molecule has 0 amide bonds. The number of likely N-dealkylation sites (N-methyl/N-ethyl adjacent to an activating group) is 1. The average molecular weight is 253 g/mol. The second-order valence-electron chi connectivity index (χ2n) is 4.33. The first-order chi connectivity index (χ1) is 8.21. The zero-order chi connectivity index (χ0) is 12.4. The highest BCUT2D eigenvalue weighted by Crippen LogP contribution is 2.37. The lowest BCUT2D eigenvalue weighted by atomic mass is 9.93. The van der Waals surface area contributed by atoms with Crippen molar-refractivity contribution in [2.75, 3.05) is 33.6 Å². The smallest absolute Gasteiger partial charge is 0.161 e. The third-order valence-electron chi connectivity index (χ3n) is 3.44. The molecule has 0 aromatic heterocycles. The average Bonchev–Trinajstić information content (AvgIpc) is 2.37. The lowest BCUT2D eigenvalue weighted by Gasteiger charge is -2.34. The molecule has 3 nitrogen and oxygen atoms in total. The molecule has 0 spiro atoms. The van der Waals surface area contributed by atoms with Crippen molar-refractivity contribution in [1.29, 1.82) is 0 Å². The van der Waals surface area contributed by atoms with E-state index in [1.807, 2.05) is 0 Å². The summed E-state index contributed by atoms with van der Waals surface area (Å²) in [5.74, 6) is 2.43. The molecular weight excluding hydrogens is 234 g/mol. The highest BCUT2D eigenvalue weighted by atomic mass is 32.1. The largest absolute Gasteiger partial charge is 0.493 e. The number of rotatable bonds is 3. The quantitative estimate of drug-likeness (QED) is 0.834. The Morgan fingerprint density at radius 3 is 2.53 bits per heavy atom. The van der Waals surface area contributed by atoms with Gasteiger partial charge in [-0.1, -0.05) is 0 Å². The minimum absolute atomic E-state index is 0.363. The molecule has 1 aliphatic rings. The van der Waals surface area contributed by atoms with Crippen LogP contribution in [0.3, 0.4) is 0 Å². The Bertz CT molecular complexity index is 409. The van der Waals surface area contributed by atoms with Crippen molar-refractivity contribution >= 4 is 12.6 Å². The minimum Gasteiger partial charge on any atom is -0.493 e. The summed E-state index contributed by atoms with van der Waals surface area (Å²) in [7, 11) is 5.49. The number of hydrogen-bond acceptors (Lipinski definition) is 4. The van der Waals surface area contributed by atoms with Gasteiger partial charge in [0.1, 0.15) is 0 Å². The summed E-state index contributed by atoms with van der Waals surface area (Å²) in [4.78, 5) is 2.33. The van der Waals surface area contributed by atoms with Gasteiger partial charge >= 0.3 is 0 Å². The van der Waals surface area contributed by atoms with Gasteiger partial charge in [-0.05, 0) is 36.7 Å². The van der Waals surface area contributed by atoms with Crippen LogP contribution in [-0.2, 0) is 6.42 Å². The van der Waals surface area contributed by atoms with Crippen molar-refractivity contribution in [2.24, 2.45) is 0 Å². The Morgan fingerprint density at radius 2 is 1.94 bits per heavy atom. The number of fused-ring (bicyclic) bond motifs is 1. The standard InChI is InChI=1S/C13H19NO2S/c1-14-5-4-9-6-12(15-2)13(16-3)7-10(9)11(14)8-17/h6-7,11,17H,4-5,8H2,1-3H3. The molecule has 0 bridgehead atoms. The van der Waals surface area contributed by atoms with Crippen molar-refractivity contribution < 1.29 is 9.47 Å². The van der Waals surface area contributed by atoms with Crippen molar-refractivity contribution in [2.45, 2.75) is 12.5 Å². The van der Waals surface area contributed by atoms with E-state index >= 15 is 0 Å². The highest BCUT2D eigenvalue weighted by Gasteiger charge is 2.25. The second-order valence-corrected chi connectivity index (χ2v) is 4.70. The number of thiol groups is 1. The predicted octanol–water partition coefficient (Wildman–Crippen LogP) is 2.16. The maximum Gasteiger partial charge on any atom is 0.161 e. The van der Waals surface area contributed by atoms with Crippen LogP contribution in [0, 0.1) is 0 Å². The van der Waals surface area contributed by atoms with Crippen molar-refractivity contribution in [1.82, 2.24) is 4.90 Å². The third kappa shape index (κ3) is 2.24. The molecule has 94 valence electrons. The highest BCUT2D eigenvalue weighted by molar-refractivity contribution is 7.80. The number of hydrogen-bond donors (Lipinski definition) is 1. The molecule has 1 atom stereocenters. The third-order valence-corrected chi connectivity index (χ3v) is 3.79. The van der Waals surface area contributed by atoms with Crippen molar-refractivity contribution in [3.63, 3.8) is 0 Å². The lowest BCUT2D eigenvalue weighted by molar-refractivity contribution is 0.250. The Morgan fingerprint density at radius 1 is 1.29 bits per heavy atom. The molecule has 0 radical (unpaired) electrons. The fourth-order valence-corrected chi connectivity index (χ4v) is 2.87. The van der Waals surface area contributed by atoms with Crippen LogP contribution in [0.15, 0.2) is 12.1 Å². The Kier molecular flexibility index (Phi) is 3.84. The molecular formula is C13H19NO2S.